The van der Waals surface area contributed by atoms with Gasteiger partial charge in [-0.25, -0.2) is 0 Å². The summed E-state index contributed by atoms with van der Waals surface area (Å²) >= 11 is 6.34. The van der Waals surface area contributed by atoms with E-state index in [1.807, 2.05) is 19.1 Å². The van der Waals surface area contributed by atoms with E-state index in [1.54, 1.807) is 30.4 Å². The molecule has 0 radical (unpaired) electrons. The first-order valence-corrected chi connectivity index (χ1v) is 7.79. The molecule has 22 heavy (non-hydrogen) atoms. The van der Waals surface area contributed by atoms with Crippen molar-refractivity contribution in [3.05, 3.63) is 52.6 Å². The van der Waals surface area contributed by atoms with E-state index in [1.165, 1.54) is 0 Å². The highest BCUT2D eigenvalue weighted by Gasteiger charge is 2.20. The van der Waals surface area contributed by atoms with Crippen LogP contribution in [-0.4, -0.2) is 15.9 Å². The Balaban J connectivity index is 2.53. The second-order valence-corrected chi connectivity index (χ2v) is 5.45. The number of aromatic nitrogens is 2. The fourth-order valence-corrected chi connectivity index (χ4v) is 2.83. The summed E-state index contributed by atoms with van der Waals surface area (Å²) in [7, 11) is 0. The summed E-state index contributed by atoms with van der Waals surface area (Å²) in [6.45, 7) is 6.08. The van der Waals surface area contributed by atoms with Gasteiger partial charge in [0.2, 0.25) is 5.91 Å². The van der Waals surface area contributed by atoms with Crippen molar-refractivity contribution in [1.29, 1.82) is 0 Å². The number of carbonyl (C=O) groups is 1. The van der Waals surface area contributed by atoms with Crippen molar-refractivity contribution in [2.45, 2.75) is 40.2 Å². The van der Waals surface area contributed by atoms with Crippen LogP contribution in [0, 0.1) is 0 Å². The van der Waals surface area contributed by atoms with E-state index in [4.69, 9.17) is 11.6 Å². The van der Waals surface area contributed by atoms with Crippen LogP contribution in [0.2, 0.25) is 5.02 Å². The second kappa shape index (κ2) is 7.36. The molecule has 4 nitrogen and oxygen atoms in total. The van der Waals surface area contributed by atoms with Gasteiger partial charge in [0.15, 0.2) is 0 Å². The van der Waals surface area contributed by atoms with E-state index in [-0.39, 0.29) is 5.91 Å². The Morgan fingerprint density at radius 1 is 1.23 bits per heavy atom. The minimum atomic E-state index is -0.0303. The molecule has 2 rings (SSSR count). The Kier molecular flexibility index (Phi) is 5.50. The maximum atomic E-state index is 12.2. The second-order valence-electron chi connectivity index (χ2n) is 5.04. The Morgan fingerprint density at radius 2 is 2.00 bits per heavy atom. The van der Waals surface area contributed by atoms with E-state index in [0.717, 1.165) is 35.3 Å². The first-order chi connectivity index (χ1) is 10.6. The Morgan fingerprint density at radius 3 is 2.55 bits per heavy atom. The number of anilines is 1. The van der Waals surface area contributed by atoms with Crippen molar-refractivity contribution in [3.8, 4) is 0 Å². The lowest BCUT2D eigenvalue weighted by atomic mass is 10.0. The maximum absolute atomic E-state index is 12.2. The molecule has 0 saturated heterocycles. The standard InChI is InChI=1S/C17H20ClN3O/c1-4-13-6-7-16(18)15(5-2)17(13)21(12(3)22)11-14-10-19-8-9-20-14/h6-10H,4-5,11H2,1-3H3. The summed E-state index contributed by atoms with van der Waals surface area (Å²) in [5.74, 6) is -0.0303. The highest BCUT2D eigenvalue weighted by Crippen LogP contribution is 2.33. The molecule has 0 aliphatic carbocycles. The summed E-state index contributed by atoms with van der Waals surface area (Å²) in [5, 5.41) is 0.695. The fourth-order valence-electron chi connectivity index (χ4n) is 2.54. The lowest BCUT2D eigenvalue weighted by molar-refractivity contribution is -0.116. The van der Waals surface area contributed by atoms with Crippen LogP contribution in [0.4, 0.5) is 5.69 Å². The molecule has 1 aromatic heterocycles. The highest BCUT2D eigenvalue weighted by molar-refractivity contribution is 6.32. The van der Waals surface area contributed by atoms with Gasteiger partial charge in [-0.15, -0.1) is 0 Å². The normalized spacial score (nSPS) is 10.5. The van der Waals surface area contributed by atoms with Gasteiger partial charge < -0.3 is 4.90 Å². The molecule has 1 amide bonds. The zero-order valence-corrected chi connectivity index (χ0v) is 13.9. The zero-order valence-electron chi connectivity index (χ0n) is 13.1. The van der Waals surface area contributed by atoms with Crippen LogP contribution < -0.4 is 4.90 Å². The van der Waals surface area contributed by atoms with Crippen LogP contribution in [0.3, 0.4) is 0 Å². The molecule has 0 fully saturated rings. The largest absolute Gasteiger partial charge is 0.306 e. The smallest absolute Gasteiger partial charge is 0.224 e. The quantitative estimate of drug-likeness (QED) is 0.842. The molecule has 5 heteroatoms. The van der Waals surface area contributed by atoms with Crippen LogP contribution in [0.25, 0.3) is 0 Å². The first-order valence-electron chi connectivity index (χ1n) is 7.41. The molecule has 1 heterocycles. The number of halogens is 1. The van der Waals surface area contributed by atoms with Gasteiger partial charge in [-0.2, -0.15) is 0 Å². The van der Waals surface area contributed by atoms with Crippen molar-refractivity contribution in [1.82, 2.24) is 9.97 Å². The molecule has 2 aromatic rings. The summed E-state index contributed by atoms with van der Waals surface area (Å²) in [6, 6.07) is 3.90. The van der Waals surface area contributed by atoms with Crippen molar-refractivity contribution < 1.29 is 4.79 Å². The highest BCUT2D eigenvalue weighted by atomic mass is 35.5. The van der Waals surface area contributed by atoms with Crippen LogP contribution in [0.1, 0.15) is 37.6 Å². The molecular formula is C17H20ClN3O. The Bertz CT molecular complexity index is 658. The van der Waals surface area contributed by atoms with Gasteiger partial charge in [0.05, 0.1) is 24.1 Å². The Hall–Kier alpha value is -1.94. The number of carbonyl (C=O) groups excluding carboxylic acids is 1. The maximum Gasteiger partial charge on any atom is 0.224 e. The first kappa shape index (κ1) is 16.4. The number of hydrogen-bond donors (Lipinski definition) is 0. The van der Waals surface area contributed by atoms with E-state index in [0.29, 0.717) is 11.6 Å². The lowest BCUT2D eigenvalue weighted by Crippen LogP contribution is -2.30. The van der Waals surface area contributed by atoms with Crippen LogP contribution >= 0.6 is 11.6 Å². The van der Waals surface area contributed by atoms with Crippen LogP contribution in [0.15, 0.2) is 30.7 Å². The molecular weight excluding hydrogens is 298 g/mol. The third kappa shape index (κ3) is 3.45. The van der Waals surface area contributed by atoms with Gasteiger partial charge >= 0.3 is 0 Å². The number of rotatable bonds is 5. The average Bonchev–Trinajstić information content (AvgIpc) is 2.53. The summed E-state index contributed by atoms with van der Waals surface area (Å²) in [6.07, 6.45) is 6.54. The summed E-state index contributed by atoms with van der Waals surface area (Å²) < 4.78 is 0. The molecule has 0 atom stereocenters. The van der Waals surface area contributed by atoms with E-state index >= 15 is 0 Å². The van der Waals surface area contributed by atoms with E-state index in [9.17, 15) is 4.79 Å². The van der Waals surface area contributed by atoms with Gasteiger partial charge in [0, 0.05) is 24.3 Å². The summed E-state index contributed by atoms with van der Waals surface area (Å²) in [4.78, 5) is 22.3. The minimum Gasteiger partial charge on any atom is -0.306 e. The number of benzene rings is 1. The minimum absolute atomic E-state index is 0.0303. The SMILES string of the molecule is CCc1ccc(Cl)c(CC)c1N(Cc1cnccn1)C(C)=O. The van der Waals surface area contributed by atoms with Crippen molar-refractivity contribution in [2.75, 3.05) is 4.90 Å². The lowest BCUT2D eigenvalue weighted by Gasteiger charge is -2.26. The average molecular weight is 318 g/mol. The van der Waals surface area contributed by atoms with Crippen LogP contribution in [-0.2, 0) is 24.2 Å². The molecule has 0 aliphatic heterocycles. The van der Waals surface area contributed by atoms with Crippen molar-refractivity contribution in [3.63, 3.8) is 0 Å². The van der Waals surface area contributed by atoms with E-state index < -0.39 is 0 Å². The predicted octanol–water partition coefficient (Wildman–Crippen LogP) is 3.81. The van der Waals surface area contributed by atoms with Gasteiger partial charge in [-0.3, -0.25) is 14.8 Å². The van der Waals surface area contributed by atoms with Crippen molar-refractivity contribution in [2.24, 2.45) is 0 Å². The predicted molar refractivity (Wildman–Crippen MR) is 89.1 cm³/mol. The molecule has 0 unspecified atom stereocenters. The molecule has 0 spiro atoms. The van der Waals surface area contributed by atoms with Gasteiger partial charge in [0.25, 0.3) is 0 Å². The van der Waals surface area contributed by atoms with Gasteiger partial charge in [0.1, 0.15) is 0 Å². The molecule has 0 bridgehead atoms. The monoisotopic (exact) mass is 317 g/mol. The molecule has 0 saturated carbocycles. The van der Waals surface area contributed by atoms with Crippen molar-refractivity contribution >= 4 is 23.2 Å². The Labute approximate surface area is 136 Å². The third-order valence-electron chi connectivity index (χ3n) is 3.63. The number of nitrogens with zero attached hydrogens (tertiary/aromatic N) is 3. The summed E-state index contributed by atoms with van der Waals surface area (Å²) in [5.41, 5.74) is 3.78. The third-order valence-corrected chi connectivity index (χ3v) is 3.98. The van der Waals surface area contributed by atoms with E-state index in [2.05, 4.69) is 16.9 Å². The molecule has 116 valence electrons. The van der Waals surface area contributed by atoms with Crippen LogP contribution in [0.5, 0.6) is 0 Å². The molecule has 0 aliphatic rings. The molecule has 1 aromatic carbocycles. The van der Waals surface area contributed by atoms with Gasteiger partial charge in [-0.05, 0) is 30.0 Å². The topological polar surface area (TPSA) is 46.1 Å². The molecule has 0 N–H and O–H groups in total. The number of aryl methyl sites for hydroxylation is 1. The number of hydrogen-bond acceptors (Lipinski definition) is 3. The van der Waals surface area contributed by atoms with Gasteiger partial charge in [-0.1, -0.05) is 31.5 Å². The zero-order chi connectivity index (χ0) is 16.1. The number of amides is 1. The fraction of sp³-hybridized carbons (Fsp3) is 0.353.